The Bertz CT molecular complexity index is 567. The van der Waals surface area contributed by atoms with E-state index in [1.165, 1.54) is 11.1 Å². The molecule has 0 aliphatic heterocycles. The van der Waals surface area contributed by atoms with Crippen molar-refractivity contribution in [3.63, 3.8) is 0 Å². The summed E-state index contributed by atoms with van der Waals surface area (Å²) in [6.07, 6.45) is 0.852. The van der Waals surface area contributed by atoms with Gasteiger partial charge >= 0.3 is 0 Å². The van der Waals surface area contributed by atoms with E-state index >= 15 is 0 Å². The first kappa shape index (κ1) is 14.4. The molecule has 2 aromatic rings. The molecule has 0 aliphatic rings. The topological polar surface area (TPSA) is 55.9 Å². The zero-order valence-corrected chi connectivity index (χ0v) is 12.8. The van der Waals surface area contributed by atoms with Gasteiger partial charge in [0.05, 0.1) is 11.4 Å². The van der Waals surface area contributed by atoms with Crippen molar-refractivity contribution in [1.82, 2.24) is 9.78 Å². The third-order valence-corrected chi connectivity index (χ3v) is 3.60. The van der Waals surface area contributed by atoms with Gasteiger partial charge in [0.2, 0.25) is 0 Å². The summed E-state index contributed by atoms with van der Waals surface area (Å²) in [5.41, 5.74) is 10.4. The van der Waals surface area contributed by atoms with Gasteiger partial charge in [-0.25, -0.2) is 0 Å². The van der Waals surface area contributed by atoms with Crippen LogP contribution in [0.5, 0.6) is 0 Å². The molecule has 2 rings (SSSR count). The molecule has 0 aliphatic carbocycles. The number of aromatic nitrogens is 2. The van der Waals surface area contributed by atoms with Crippen LogP contribution in [-0.2, 0) is 20.0 Å². The van der Waals surface area contributed by atoms with E-state index in [4.69, 9.17) is 5.73 Å². The maximum absolute atomic E-state index is 6.10. The molecule has 0 radical (unpaired) electrons. The largest absolute Gasteiger partial charge is 0.394 e. The number of nitrogens with zero attached hydrogens (tertiary/aromatic N) is 2. The lowest BCUT2D eigenvalue weighted by Crippen LogP contribution is -2.06. The van der Waals surface area contributed by atoms with Crippen LogP contribution in [0.1, 0.15) is 43.5 Å². The fraction of sp³-hybridized carbons (Fsp3) is 0.438. The summed E-state index contributed by atoms with van der Waals surface area (Å²) in [6.45, 7) is 7.23. The molecular formula is C16H24N4. The first-order valence-corrected chi connectivity index (χ1v) is 7.17. The lowest BCUT2D eigenvalue weighted by atomic mass is 10.0. The van der Waals surface area contributed by atoms with Crippen molar-refractivity contribution in [3.05, 3.63) is 41.1 Å². The molecule has 4 heteroatoms. The van der Waals surface area contributed by atoms with Gasteiger partial charge in [0, 0.05) is 13.6 Å². The van der Waals surface area contributed by atoms with Crippen LogP contribution in [-0.4, -0.2) is 9.78 Å². The highest BCUT2D eigenvalue weighted by Crippen LogP contribution is 2.23. The van der Waals surface area contributed by atoms with Crippen molar-refractivity contribution < 1.29 is 0 Å². The van der Waals surface area contributed by atoms with Crippen molar-refractivity contribution in [1.29, 1.82) is 0 Å². The number of rotatable bonds is 5. The summed E-state index contributed by atoms with van der Waals surface area (Å²) < 4.78 is 1.82. The van der Waals surface area contributed by atoms with Crippen LogP contribution in [0.15, 0.2) is 24.3 Å². The van der Waals surface area contributed by atoms with Crippen molar-refractivity contribution >= 4 is 11.5 Å². The van der Waals surface area contributed by atoms with Crippen LogP contribution in [0, 0.1) is 0 Å². The third-order valence-electron chi connectivity index (χ3n) is 3.60. The molecule has 0 bridgehead atoms. The second kappa shape index (κ2) is 5.99. The first-order valence-electron chi connectivity index (χ1n) is 7.17. The molecule has 4 nitrogen and oxygen atoms in total. The first-order chi connectivity index (χ1) is 9.52. The average molecular weight is 272 g/mol. The number of nitrogens with two attached hydrogens (primary N) is 1. The number of hydrogen-bond acceptors (Lipinski definition) is 3. The Labute approximate surface area is 121 Å². The van der Waals surface area contributed by atoms with Crippen molar-refractivity contribution in [2.45, 2.75) is 39.7 Å². The van der Waals surface area contributed by atoms with Crippen molar-refractivity contribution in [2.75, 3.05) is 11.1 Å². The van der Waals surface area contributed by atoms with Gasteiger partial charge in [0.1, 0.15) is 5.82 Å². The van der Waals surface area contributed by atoms with Gasteiger partial charge in [-0.05, 0) is 23.5 Å². The molecule has 20 heavy (non-hydrogen) atoms. The van der Waals surface area contributed by atoms with E-state index in [0.29, 0.717) is 5.92 Å². The summed E-state index contributed by atoms with van der Waals surface area (Å²) in [4.78, 5) is 0. The number of hydrogen-bond donors (Lipinski definition) is 2. The number of aryl methyl sites for hydroxylation is 2. The van der Waals surface area contributed by atoms with Crippen LogP contribution in [0.2, 0.25) is 0 Å². The van der Waals surface area contributed by atoms with Crippen molar-refractivity contribution in [2.24, 2.45) is 7.05 Å². The summed E-state index contributed by atoms with van der Waals surface area (Å²) in [5.74, 6) is 1.46. The van der Waals surface area contributed by atoms with Gasteiger partial charge in [0.15, 0.2) is 0 Å². The molecule has 0 fully saturated rings. The second-order valence-corrected chi connectivity index (χ2v) is 5.44. The highest BCUT2D eigenvalue weighted by molar-refractivity contribution is 5.65. The van der Waals surface area contributed by atoms with E-state index in [9.17, 15) is 0 Å². The van der Waals surface area contributed by atoms with Gasteiger partial charge in [-0.15, -0.1) is 0 Å². The molecule has 1 heterocycles. The Balaban J connectivity index is 2.07. The van der Waals surface area contributed by atoms with Crippen LogP contribution in [0.4, 0.5) is 11.5 Å². The van der Waals surface area contributed by atoms with Crippen LogP contribution >= 0.6 is 0 Å². The number of anilines is 2. The predicted octanol–water partition coefficient (Wildman–Crippen LogP) is 3.30. The smallest absolute Gasteiger partial charge is 0.148 e. The highest BCUT2D eigenvalue weighted by atomic mass is 15.3. The molecule has 0 unspecified atom stereocenters. The van der Waals surface area contributed by atoms with E-state index in [-0.39, 0.29) is 0 Å². The van der Waals surface area contributed by atoms with E-state index in [1.807, 2.05) is 11.7 Å². The van der Waals surface area contributed by atoms with Crippen LogP contribution in [0.3, 0.4) is 0 Å². The molecule has 3 N–H and O–H groups in total. The average Bonchev–Trinajstić information content (AvgIpc) is 2.71. The molecule has 1 aromatic heterocycles. The third kappa shape index (κ3) is 2.95. The van der Waals surface area contributed by atoms with Crippen LogP contribution < -0.4 is 11.1 Å². The standard InChI is InChI=1S/C16H24N4/c1-5-14-15(17)16(20(4)19-14)18-10-12-6-8-13(9-7-12)11(2)3/h6-9,11,18H,5,10,17H2,1-4H3. The fourth-order valence-corrected chi connectivity index (χ4v) is 2.27. The van der Waals surface area contributed by atoms with E-state index in [2.05, 4.69) is 55.5 Å². The van der Waals surface area contributed by atoms with Gasteiger partial charge in [-0.1, -0.05) is 45.0 Å². The maximum atomic E-state index is 6.10. The molecule has 0 saturated carbocycles. The minimum Gasteiger partial charge on any atom is -0.394 e. The molecule has 0 spiro atoms. The molecular weight excluding hydrogens is 248 g/mol. The SMILES string of the molecule is CCc1nn(C)c(NCc2ccc(C(C)C)cc2)c1N. The summed E-state index contributed by atoms with van der Waals surface area (Å²) in [7, 11) is 1.92. The number of nitrogen functional groups attached to an aromatic ring is 1. The fourth-order valence-electron chi connectivity index (χ4n) is 2.27. The van der Waals surface area contributed by atoms with Gasteiger partial charge in [0.25, 0.3) is 0 Å². The Morgan fingerprint density at radius 1 is 1.25 bits per heavy atom. The lowest BCUT2D eigenvalue weighted by Gasteiger charge is -2.10. The molecule has 108 valence electrons. The zero-order valence-electron chi connectivity index (χ0n) is 12.8. The Kier molecular flexibility index (Phi) is 4.32. The summed E-state index contributed by atoms with van der Waals surface area (Å²) >= 11 is 0. The normalized spacial score (nSPS) is 11.1. The predicted molar refractivity (Wildman–Crippen MR) is 84.9 cm³/mol. The Morgan fingerprint density at radius 3 is 2.40 bits per heavy atom. The quantitative estimate of drug-likeness (QED) is 0.878. The highest BCUT2D eigenvalue weighted by Gasteiger charge is 2.11. The summed E-state index contributed by atoms with van der Waals surface area (Å²) in [5, 5.41) is 7.78. The van der Waals surface area contributed by atoms with Gasteiger partial charge in [-0.3, -0.25) is 4.68 Å². The summed E-state index contributed by atoms with van der Waals surface area (Å²) in [6, 6.07) is 8.70. The molecule has 0 atom stereocenters. The Hall–Kier alpha value is -1.97. The molecule has 0 amide bonds. The lowest BCUT2D eigenvalue weighted by molar-refractivity contribution is 0.747. The second-order valence-electron chi connectivity index (χ2n) is 5.44. The van der Waals surface area contributed by atoms with E-state index in [1.54, 1.807) is 0 Å². The maximum Gasteiger partial charge on any atom is 0.148 e. The minimum atomic E-state index is 0.567. The molecule has 0 saturated heterocycles. The number of nitrogens with one attached hydrogen (secondary N) is 1. The zero-order chi connectivity index (χ0) is 14.7. The van der Waals surface area contributed by atoms with Gasteiger partial charge < -0.3 is 11.1 Å². The van der Waals surface area contributed by atoms with Crippen molar-refractivity contribution in [3.8, 4) is 0 Å². The minimum absolute atomic E-state index is 0.567. The van der Waals surface area contributed by atoms with Gasteiger partial charge in [-0.2, -0.15) is 5.10 Å². The number of benzene rings is 1. The van der Waals surface area contributed by atoms with E-state index in [0.717, 1.165) is 30.2 Å². The monoisotopic (exact) mass is 272 g/mol. The van der Waals surface area contributed by atoms with E-state index < -0.39 is 0 Å². The molecule has 1 aromatic carbocycles. The van der Waals surface area contributed by atoms with Crippen LogP contribution in [0.25, 0.3) is 0 Å². The Morgan fingerprint density at radius 2 is 1.90 bits per heavy atom.